The molecule has 1 rings (SSSR count). The van der Waals surface area contributed by atoms with E-state index in [1.807, 2.05) is 6.07 Å². The van der Waals surface area contributed by atoms with Crippen LogP contribution in [0.25, 0.3) is 0 Å². The third kappa shape index (κ3) is 5.47. The van der Waals surface area contributed by atoms with Crippen molar-refractivity contribution >= 4 is 9.84 Å². The lowest BCUT2D eigenvalue weighted by Crippen LogP contribution is -2.15. The summed E-state index contributed by atoms with van der Waals surface area (Å²) in [5, 5.41) is 0. The molecule has 0 heterocycles. The first kappa shape index (κ1) is 18.7. The first-order valence-electron chi connectivity index (χ1n) is 7.93. The fourth-order valence-electron chi connectivity index (χ4n) is 2.62. The predicted octanol–water partition coefficient (Wildman–Crippen LogP) is 3.38. The lowest BCUT2D eigenvalue weighted by molar-refractivity contribution is 0.370. The summed E-state index contributed by atoms with van der Waals surface area (Å²) in [6, 6.07) is 6.85. The fraction of sp³-hybridized carbons (Fsp3) is 0.556. The van der Waals surface area contributed by atoms with Crippen LogP contribution in [-0.4, -0.2) is 20.7 Å². The van der Waals surface area contributed by atoms with E-state index in [1.165, 1.54) is 0 Å². The number of rotatable bonds is 7. The summed E-state index contributed by atoms with van der Waals surface area (Å²) in [5.41, 5.74) is 6.11. The Hall–Kier alpha value is -1.31. The van der Waals surface area contributed by atoms with Crippen LogP contribution in [0, 0.1) is 17.3 Å². The van der Waals surface area contributed by atoms with Crippen LogP contribution in [-0.2, 0) is 9.84 Å². The van der Waals surface area contributed by atoms with Crippen LogP contribution >= 0.6 is 0 Å². The molecule has 0 bridgehead atoms. The van der Waals surface area contributed by atoms with Gasteiger partial charge in [-0.3, -0.25) is 0 Å². The molecule has 0 aliphatic carbocycles. The summed E-state index contributed by atoms with van der Waals surface area (Å²) in [7, 11) is -3.30. The van der Waals surface area contributed by atoms with Gasteiger partial charge in [0.05, 0.1) is 10.6 Å². The summed E-state index contributed by atoms with van der Waals surface area (Å²) in [5.74, 6) is 6.48. The predicted molar refractivity (Wildman–Crippen MR) is 92.4 cm³/mol. The van der Waals surface area contributed by atoms with E-state index in [-0.39, 0.29) is 17.7 Å². The van der Waals surface area contributed by atoms with E-state index in [1.54, 1.807) is 18.2 Å². The normalized spacial score (nSPS) is 11.8. The molecular formula is C18H27NO2S. The zero-order valence-corrected chi connectivity index (χ0v) is 14.7. The number of hydrogen-bond donors (Lipinski definition) is 1. The summed E-state index contributed by atoms with van der Waals surface area (Å²) in [6.45, 7) is 6.64. The minimum Gasteiger partial charge on any atom is -0.329 e. The third-order valence-electron chi connectivity index (χ3n) is 3.69. The zero-order chi connectivity index (χ0) is 16.6. The van der Waals surface area contributed by atoms with Gasteiger partial charge in [-0.2, -0.15) is 0 Å². The van der Waals surface area contributed by atoms with Crippen LogP contribution in [0.1, 0.15) is 52.0 Å². The molecule has 0 saturated heterocycles. The van der Waals surface area contributed by atoms with Crippen LogP contribution in [0.15, 0.2) is 29.2 Å². The smallest absolute Gasteiger partial charge is 0.179 e. The van der Waals surface area contributed by atoms with Crippen LogP contribution in [0.2, 0.25) is 0 Å². The summed E-state index contributed by atoms with van der Waals surface area (Å²) < 4.78 is 24.1. The van der Waals surface area contributed by atoms with Crippen molar-refractivity contribution in [3.05, 3.63) is 29.8 Å². The van der Waals surface area contributed by atoms with Gasteiger partial charge < -0.3 is 5.73 Å². The lowest BCUT2D eigenvalue weighted by atomic mass is 9.82. The van der Waals surface area contributed by atoms with E-state index in [4.69, 9.17) is 5.73 Å². The summed E-state index contributed by atoms with van der Waals surface area (Å²) in [4.78, 5) is 0.303. The highest BCUT2D eigenvalue weighted by Gasteiger charge is 2.19. The number of hydrogen-bond acceptors (Lipinski definition) is 3. The van der Waals surface area contributed by atoms with Crippen molar-refractivity contribution in [2.75, 3.05) is 12.3 Å². The van der Waals surface area contributed by atoms with E-state index in [9.17, 15) is 8.42 Å². The quantitative estimate of drug-likeness (QED) is 0.783. The van der Waals surface area contributed by atoms with E-state index >= 15 is 0 Å². The van der Waals surface area contributed by atoms with Gasteiger partial charge in [-0.1, -0.05) is 44.6 Å². The molecule has 1 aromatic carbocycles. The van der Waals surface area contributed by atoms with Crippen LogP contribution < -0.4 is 5.73 Å². The van der Waals surface area contributed by atoms with Gasteiger partial charge in [-0.05, 0) is 38.0 Å². The Bertz CT molecular complexity index is 633. The Kier molecular flexibility index (Phi) is 7.12. The Morgan fingerprint density at radius 3 is 2.36 bits per heavy atom. The summed E-state index contributed by atoms with van der Waals surface area (Å²) >= 11 is 0. The highest BCUT2D eigenvalue weighted by molar-refractivity contribution is 7.91. The zero-order valence-electron chi connectivity index (χ0n) is 13.9. The molecule has 0 amide bonds. The molecule has 0 aromatic heterocycles. The standard InChI is InChI=1S/C18H27NO2S/c1-4-10-18(3,11-5-2)12-9-16-7-6-8-17(15-16)22(20,21)14-13-19/h6-8,15H,4-5,10-11,13-14,19H2,1-3H3. The SMILES string of the molecule is CCCC(C)(C#Cc1cccc(S(=O)(=O)CCN)c1)CCC. The van der Waals surface area contributed by atoms with Crippen molar-refractivity contribution in [2.24, 2.45) is 11.1 Å². The minimum atomic E-state index is -3.30. The van der Waals surface area contributed by atoms with Gasteiger partial charge in [-0.25, -0.2) is 8.42 Å². The topological polar surface area (TPSA) is 60.2 Å². The molecule has 4 heteroatoms. The van der Waals surface area contributed by atoms with Gasteiger partial charge in [0.2, 0.25) is 0 Å². The maximum absolute atomic E-state index is 12.1. The van der Waals surface area contributed by atoms with Gasteiger partial charge in [0.15, 0.2) is 9.84 Å². The van der Waals surface area contributed by atoms with Crippen molar-refractivity contribution in [2.45, 2.75) is 51.3 Å². The molecule has 3 nitrogen and oxygen atoms in total. The number of sulfone groups is 1. The van der Waals surface area contributed by atoms with Crippen LogP contribution in [0.3, 0.4) is 0 Å². The maximum Gasteiger partial charge on any atom is 0.179 e. The van der Waals surface area contributed by atoms with Gasteiger partial charge in [-0.15, -0.1) is 0 Å². The van der Waals surface area contributed by atoms with Crippen molar-refractivity contribution in [3.63, 3.8) is 0 Å². The second-order valence-electron chi connectivity index (χ2n) is 5.95. The van der Waals surface area contributed by atoms with Gasteiger partial charge >= 0.3 is 0 Å². The monoisotopic (exact) mass is 321 g/mol. The molecular weight excluding hydrogens is 294 g/mol. The second-order valence-corrected chi connectivity index (χ2v) is 8.06. The second kappa shape index (κ2) is 8.36. The first-order valence-corrected chi connectivity index (χ1v) is 9.58. The van der Waals surface area contributed by atoms with Crippen LogP contribution in [0.5, 0.6) is 0 Å². The molecule has 0 radical (unpaired) electrons. The Labute approximate surface area is 135 Å². The van der Waals surface area contributed by atoms with Crippen molar-refractivity contribution < 1.29 is 8.42 Å². The molecule has 0 atom stereocenters. The highest BCUT2D eigenvalue weighted by atomic mass is 32.2. The third-order valence-corrected chi connectivity index (χ3v) is 5.44. The van der Waals surface area contributed by atoms with E-state index < -0.39 is 9.84 Å². The molecule has 0 spiro atoms. The average Bonchev–Trinajstić information content (AvgIpc) is 2.46. The first-order chi connectivity index (χ1) is 10.4. The molecule has 0 aliphatic heterocycles. The molecule has 122 valence electrons. The molecule has 0 aliphatic rings. The Morgan fingerprint density at radius 2 is 1.82 bits per heavy atom. The number of nitrogens with two attached hydrogens (primary N) is 1. The Balaban J connectivity index is 3.08. The van der Waals surface area contributed by atoms with Gasteiger partial charge in [0.1, 0.15) is 0 Å². The molecule has 2 N–H and O–H groups in total. The molecule has 0 unspecified atom stereocenters. The Morgan fingerprint density at radius 1 is 1.18 bits per heavy atom. The summed E-state index contributed by atoms with van der Waals surface area (Å²) in [6.07, 6.45) is 4.30. The minimum absolute atomic E-state index is 0.00433. The largest absolute Gasteiger partial charge is 0.329 e. The molecule has 0 saturated carbocycles. The highest BCUT2D eigenvalue weighted by Crippen LogP contribution is 2.28. The van der Waals surface area contributed by atoms with Gasteiger partial charge in [0, 0.05) is 17.5 Å². The molecule has 0 fully saturated rings. The lowest BCUT2D eigenvalue weighted by Gasteiger charge is -2.22. The maximum atomic E-state index is 12.1. The molecule has 22 heavy (non-hydrogen) atoms. The molecule has 1 aromatic rings. The number of benzene rings is 1. The average molecular weight is 321 g/mol. The fourth-order valence-corrected chi connectivity index (χ4v) is 3.76. The van der Waals surface area contributed by atoms with Crippen LogP contribution in [0.4, 0.5) is 0 Å². The van der Waals surface area contributed by atoms with Gasteiger partial charge in [0.25, 0.3) is 0 Å². The van der Waals surface area contributed by atoms with E-state index in [0.29, 0.717) is 4.90 Å². The van der Waals surface area contributed by atoms with Crippen molar-refractivity contribution in [3.8, 4) is 11.8 Å². The van der Waals surface area contributed by atoms with E-state index in [2.05, 4.69) is 32.6 Å². The van der Waals surface area contributed by atoms with E-state index in [0.717, 1.165) is 31.2 Å². The van der Waals surface area contributed by atoms with Crippen molar-refractivity contribution in [1.82, 2.24) is 0 Å². The van der Waals surface area contributed by atoms with Crippen molar-refractivity contribution in [1.29, 1.82) is 0 Å².